The summed E-state index contributed by atoms with van der Waals surface area (Å²) in [5.41, 5.74) is 9.11. The summed E-state index contributed by atoms with van der Waals surface area (Å²) in [6.45, 7) is 3.30. The molecule has 0 fully saturated rings. The summed E-state index contributed by atoms with van der Waals surface area (Å²) >= 11 is 6.33. The largest absolute Gasteiger partial charge is 0.354 e. The van der Waals surface area contributed by atoms with Crippen molar-refractivity contribution in [3.63, 3.8) is 0 Å². The van der Waals surface area contributed by atoms with Crippen molar-refractivity contribution in [2.24, 2.45) is 5.73 Å². The molecule has 0 aliphatic heterocycles. The molecule has 4 heteroatoms. The Balaban J connectivity index is 2.26. The molecule has 0 unspecified atom stereocenters. The van der Waals surface area contributed by atoms with Crippen LogP contribution in [0.4, 0.5) is 5.82 Å². The minimum absolute atomic E-state index is 0.423. The summed E-state index contributed by atoms with van der Waals surface area (Å²) in [7, 11) is 1.99. The van der Waals surface area contributed by atoms with Gasteiger partial charge in [-0.3, -0.25) is 0 Å². The maximum Gasteiger partial charge on any atom is 0.147 e. The summed E-state index contributed by atoms with van der Waals surface area (Å²) in [6, 6.07) is 10.2. The fourth-order valence-corrected chi connectivity index (χ4v) is 2.35. The number of hydrogen-bond acceptors (Lipinski definition) is 3. The van der Waals surface area contributed by atoms with Crippen LogP contribution in [0.3, 0.4) is 0 Å². The average Bonchev–Trinajstić information content (AvgIpc) is 2.41. The highest BCUT2D eigenvalue weighted by Gasteiger charge is 2.11. The van der Waals surface area contributed by atoms with E-state index in [1.165, 1.54) is 11.1 Å². The van der Waals surface area contributed by atoms with Crippen LogP contribution in [0.5, 0.6) is 0 Å². The van der Waals surface area contributed by atoms with Gasteiger partial charge in [-0.15, -0.1) is 0 Å². The highest BCUT2D eigenvalue weighted by molar-refractivity contribution is 6.33. The van der Waals surface area contributed by atoms with Gasteiger partial charge in [0.1, 0.15) is 5.82 Å². The van der Waals surface area contributed by atoms with Gasteiger partial charge in [0.05, 0.1) is 5.02 Å². The number of anilines is 1. The molecule has 1 heterocycles. The molecule has 0 bridgehead atoms. The lowest BCUT2D eigenvalue weighted by Gasteiger charge is -2.21. The summed E-state index contributed by atoms with van der Waals surface area (Å²) in [6.07, 6.45) is 1.75. The van der Waals surface area contributed by atoms with Crippen molar-refractivity contribution in [2.75, 3.05) is 11.9 Å². The third-order valence-corrected chi connectivity index (χ3v) is 3.61. The maximum atomic E-state index is 6.33. The van der Waals surface area contributed by atoms with Gasteiger partial charge in [0.15, 0.2) is 0 Å². The number of pyridine rings is 1. The monoisotopic (exact) mass is 275 g/mol. The van der Waals surface area contributed by atoms with Crippen molar-refractivity contribution in [3.05, 3.63) is 58.2 Å². The van der Waals surface area contributed by atoms with Crippen molar-refractivity contribution in [2.45, 2.75) is 20.0 Å². The van der Waals surface area contributed by atoms with Crippen molar-refractivity contribution in [1.29, 1.82) is 0 Å². The first-order valence-electron chi connectivity index (χ1n) is 6.22. The van der Waals surface area contributed by atoms with Gasteiger partial charge >= 0.3 is 0 Å². The smallest absolute Gasteiger partial charge is 0.147 e. The van der Waals surface area contributed by atoms with Crippen LogP contribution in [0.2, 0.25) is 5.02 Å². The molecule has 2 aromatic rings. The molecular formula is C15H18ClN3. The molecule has 0 radical (unpaired) electrons. The fraction of sp³-hybridized carbons (Fsp3) is 0.267. The van der Waals surface area contributed by atoms with Crippen LogP contribution < -0.4 is 10.6 Å². The molecule has 0 aliphatic carbocycles. The van der Waals surface area contributed by atoms with Crippen LogP contribution in [0.15, 0.2) is 36.5 Å². The molecule has 2 rings (SSSR count). The molecule has 1 aromatic heterocycles. The Morgan fingerprint density at radius 3 is 2.63 bits per heavy atom. The van der Waals surface area contributed by atoms with Crippen LogP contribution in [0.25, 0.3) is 0 Å². The molecule has 0 aliphatic rings. The van der Waals surface area contributed by atoms with Gasteiger partial charge in [-0.1, -0.05) is 35.9 Å². The van der Waals surface area contributed by atoms with E-state index in [9.17, 15) is 0 Å². The highest BCUT2D eigenvalue weighted by atomic mass is 35.5. The minimum atomic E-state index is 0.423. The van der Waals surface area contributed by atoms with E-state index in [4.69, 9.17) is 17.3 Å². The predicted molar refractivity (Wildman–Crippen MR) is 80.4 cm³/mol. The van der Waals surface area contributed by atoms with E-state index >= 15 is 0 Å². The van der Waals surface area contributed by atoms with E-state index in [1.54, 1.807) is 6.20 Å². The Bertz CT molecular complexity index is 569. The third-order valence-electron chi connectivity index (χ3n) is 3.20. The van der Waals surface area contributed by atoms with Gasteiger partial charge in [-0.05, 0) is 29.7 Å². The molecule has 1 aromatic carbocycles. The Morgan fingerprint density at radius 1 is 1.21 bits per heavy atom. The second kappa shape index (κ2) is 6.04. The molecule has 0 amide bonds. The average molecular weight is 276 g/mol. The lowest BCUT2D eigenvalue weighted by Crippen LogP contribution is -2.19. The molecular weight excluding hydrogens is 258 g/mol. The number of nitrogens with zero attached hydrogens (tertiary/aromatic N) is 2. The maximum absolute atomic E-state index is 6.33. The molecule has 2 N–H and O–H groups in total. The zero-order chi connectivity index (χ0) is 13.8. The molecule has 0 spiro atoms. The Hall–Kier alpha value is -1.58. The van der Waals surface area contributed by atoms with Crippen molar-refractivity contribution in [1.82, 2.24) is 4.98 Å². The summed E-state index contributed by atoms with van der Waals surface area (Å²) in [5.74, 6) is 0.771. The Morgan fingerprint density at radius 2 is 1.95 bits per heavy atom. The Labute approximate surface area is 119 Å². The first kappa shape index (κ1) is 13.8. The van der Waals surface area contributed by atoms with E-state index in [2.05, 4.69) is 24.0 Å². The first-order valence-corrected chi connectivity index (χ1v) is 6.60. The van der Waals surface area contributed by atoms with Gasteiger partial charge in [-0.25, -0.2) is 4.98 Å². The first-order chi connectivity index (χ1) is 9.13. The van der Waals surface area contributed by atoms with Gasteiger partial charge < -0.3 is 10.6 Å². The topological polar surface area (TPSA) is 42.2 Å². The predicted octanol–water partition coefficient (Wildman–Crippen LogP) is 3.14. The third kappa shape index (κ3) is 3.06. The van der Waals surface area contributed by atoms with Crippen molar-refractivity contribution >= 4 is 17.4 Å². The van der Waals surface area contributed by atoms with E-state index in [0.717, 1.165) is 17.9 Å². The van der Waals surface area contributed by atoms with Crippen LogP contribution in [0.1, 0.15) is 16.7 Å². The molecule has 19 heavy (non-hydrogen) atoms. The molecule has 0 saturated carbocycles. The van der Waals surface area contributed by atoms with Crippen LogP contribution >= 0.6 is 11.6 Å². The van der Waals surface area contributed by atoms with Crippen LogP contribution in [0, 0.1) is 6.92 Å². The van der Waals surface area contributed by atoms with Crippen LogP contribution in [-0.4, -0.2) is 12.0 Å². The zero-order valence-corrected chi connectivity index (χ0v) is 12.0. The molecule has 0 atom stereocenters. The Kier molecular flexibility index (Phi) is 4.40. The number of rotatable bonds is 4. The van der Waals surface area contributed by atoms with Gasteiger partial charge in [0.2, 0.25) is 0 Å². The van der Waals surface area contributed by atoms with E-state index in [0.29, 0.717) is 11.6 Å². The lowest BCUT2D eigenvalue weighted by atomic mass is 10.1. The minimum Gasteiger partial charge on any atom is -0.354 e. The van der Waals surface area contributed by atoms with E-state index in [-0.39, 0.29) is 0 Å². The quantitative estimate of drug-likeness (QED) is 0.932. The van der Waals surface area contributed by atoms with E-state index in [1.807, 2.05) is 30.1 Å². The number of nitrogens with two attached hydrogens (primary N) is 1. The van der Waals surface area contributed by atoms with Gasteiger partial charge in [0, 0.05) is 26.3 Å². The number of aromatic nitrogens is 1. The SMILES string of the molecule is Cc1ccccc1CN(C)c1nccc(CN)c1Cl. The molecule has 100 valence electrons. The summed E-state index contributed by atoms with van der Waals surface area (Å²) in [4.78, 5) is 6.40. The lowest BCUT2D eigenvalue weighted by molar-refractivity contribution is 0.886. The van der Waals surface area contributed by atoms with Crippen molar-refractivity contribution < 1.29 is 0 Å². The molecule has 0 saturated heterocycles. The van der Waals surface area contributed by atoms with Crippen molar-refractivity contribution in [3.8, 4) is 0 Å². The number of halogens is 1. The number of aryl methyl sites for hydroxylation is 1. The second-order valence-electron chi connectivity index (χ2n) is 4.59. The van der Waals surface area contributed by atoms with Gasteiger partial charge in [-0.2, -0.15) is 0 Å². The van der Waals surface area contributed by atoms with Gasteiger partial charge in [0.25, 0.3) is 0 Å². The molecule has 3 nitrogen and oxygen atoms in total. The highest BCUT2D eigenvalue weighted by Crippen LogP contribution is 2.27. The standard InChI is InChI=1S/C15H18ClN3/c1-11-5-3-4-6-13(11)10-19(2)15-14(16)12(9-17)7-8-18-15/h3-8H,9-10,17H2,1-2H3. The normalized spacial score (nSPS) is 10.5. The van der Waals surface area contributed by atoms with E-state index < -0.39 is 0 Å². The fourth-order valence-electron chi connectivity index (χ4n) is 2.01. The number of hydrogen-bond donors (Lipinski definition) is 1. The zero-order valence-electron chi connectivity index (χ0n) is 11.2. The summed E-state index contributed by atoms with van der Waals surface area (Å²) in [5, 5.41) is 0.640. The van der Waals surface area contributed by atoms with Crippen LogP contribution in [-0.2, 0) is 13.1 Å². The summed E-state index contributed by atoms with van der Waals surface area (Å²) < 4.78 is 0. The second-order valence-corrected chi connectivity index (χ2v) is 4.97. The number of benzene rings is 1.